The Hall–Kier alpha value is -0.490. The molecule has 1 unspecified atom stereocenters. The molecule has 0 aliphatic heterocycles. The molecule has 92 valence electrons. The van der Waals surface area contributed by atoms with Crippen molar-refractivity contribution in [2.75, 3.05) is 14.2 Å². The number of ether oxygens (including phenoxy) is 2. The number of rotatable bonds is 6. The van der Waals surface area contributed by atoms with Gasteiger partial charge in [0.05, 0.1) is 16.7 Å². The molecule has 0 spiro atoms. The number of aryl methyl sites for hydroxylation is 2. The topological polar surface area (TPSA) is 43.4 Å². The molecule has 4 nitrogen and oxygen atoms in total. The monoisotopic (exact) mass is 244 g/mol. The summed E-state index contributed by atoms with van der Waals surface area (Å²) in [5, 5.41) is 4.48. The first kappa shape index (κ1) is 13.6. The molecule has 1 atom stereocenters. The normalized spacial score (nSPS) is 13.4. The van der Waals surface area contributed by atoms with Crippen LogP contribution in [-0.2, 0) is 16.0 Å². The number of nitrogens with one attached hydrogen (secondary N) is 1. The van der Waals surface area contributed by atoms with E-state index in [9.17, 15) is 0 Å². The summed E-state index contributed by atoms with van der Waals surface area (Å²) in [7, 11) is 3.29. The number of hydrogen-bond donors (Lipinski definition) is 1. The summed E-state index contributed by atoms with van der Waals surface area (Å²) < 4.78 is 10.4. The van der Waals surface area contributed by atoms with Crippen molar-refractivity contribution in [1.82, 2.24) is 10.3 Å². The average molecular weight is 244 g/mol. The van der Waals surface area contributed by atoms with Gasteiger partial charge in [-0.15, -0.1) is 11.3 Å². The molecule has 1 N–H and O–H groups in total. The van der Waals surface area contributed by atoms with E-state index < -0.39 is 0 Å². The van der Waals surface area contributed by atoms with Gasteiger partial charge in [-0.1, -0.05) is 0 Å². The van der Waals surface area contributed by atoms with Gasteiger partial charge in [0.1, 0.15) is 0 Å². The molecule has 1 aromatic rings. The number of hydrogen-bond acceptors (Lipinski definition) is 5. The van der Waals surface area contributed by atoms with Crippen molar-refractivity contribution < 1.29 is 9.47 Å². The van der Waals surface area contributed by atoms with Gasteiger partial charge in [0.25, 0.3) is 0 Å². The van der Waals surface area contributed by atoms with E-state index in [0.717, 1.165) is 17.2 Å². The number of methoxy groups -OCH3 is 2. The Morgan fingerprint density at radius 3 is 2.38 bits per heavy atom. The Bertz CT molecular complexity index is 324. The van der Waals surface area contributed by atoms with E-state index in [1.54, 1.807) is 25.6 Å². The van der Waals surface area contributed by atoms with Crippen LogP contribution in [0, 0.1) is 13.8 Å². The molecule has 1 rings (SSSR count). The first-order valence-electron chi connectivity index (χ1n) is 5.30. The van der Waals surface area contributed by atoms with Crippen LogP contribution in [0.1, 0.15) is 22.5 Å². The Kier molecular flexibility index (Phi) is 5.34. The van der Waals surface area contributed by atoms with Gasteiger partial charge in [-0.05, 0) is 20.8 Å². The van der Waals surface area contributed by atoms with E-state index in [2.05, 4.69) is 10.3 Å². The van der Waals surface area contributed by atoms with Crippen LogP contribution in [0.25, 0.3) is 0 Å². The van der Waals surface area contributed by atoms with Gasteiger partial charge in [-0.3, -0.25) is 0 Å². The summed E-state index contributed by atoms with van der Waals surface area (Å²) in [6.07, 6.45) is -0.214. The van der Waals surface area contributed by atoms with Gasteiger partial charge in [0.2, 0.25) is 0 Å². The minimum absolute atomic E-state index is 0.150. The number of thiazole rings is 1. The van der Waals surface area contributed by atoms with E-state index in [0.29, 0.717) is 0 Å². The van der Waals surface area contributed by atoms with Crippen molar-refractivity contribution in [3.05, 3.63) is 15.6 Å². The molecule has 0 aromatic carbocycles. The van der Waals surface area contributed by atoms with E-state index in [-0.39, 0.29) is 12.3 Å². The molecule has 0 aliphatic rings. The lowest BCUT2D eigenvalue weighted by molar-refractivity contribution is -0.119. The molecular weight excluding hydrogens is 224 g/mol. The van der Waals surface area contributed by atoms with Gasteiger partial charge < -0.3 is 14.8 Å². The number of aromatic nitrogens is 1. The molecule has 5 heteroatoms. The first-order valence-corrected chi connectivity index (χ1v) is 6.12. The fourth-order valence-electron chi connectivity index (χ4n) is 1.59. The predicted molar refractivity (Wildman–Crippen MR) is 65.7 cm³/mol. The maximum absolute atomic E-state index is 5.19. The maximum Gasteiger partial charge on any atom is 0.171 e. The summed E-state index contributed by atoms with van der Waals surface area (Å²) in [5.41, 5.74) is 1.11. The second-order valence-corrected chi connectivity index (χ2v) is 5.04. The molecule has 0 aliphatic carbocycles. The van der Waals surface area contributed by atoms with Crippen LogP contribution >= 0.6 is 11.3 Å². The largest absolute Gasteiger partial charge is 0.354 e. The molecule has 0 saturated heterocycles. The van der Waals surface area contributed by atoms with Crippen molar-refractivity contribution in [2.24, 2.45) is 0 Å². The van der Waals surface area contributed by atoms with Crippen LogP contribution in [0.2, 0.25) is 0 Å². The average Bonchev–Trinajstić information content (AvgIpc) is 2.56. The van der Waals surface area contributed by atoms with Crippen LogP contribution in [0.3, 0.4) is 0 Å². The second-order valence-electron chi connectivity index (χ2n) is 3.75. The van der Waals surface area contributed by atoms with Crippen LogP contribution in [-0.4, -0.2) is 31.5 Å². The van der Waals surface area contributed by atoms with Crippen molar-refractivity contribution in [1.29, 1.82) is 0 Å². The summed E-state index contributed by atoms with van der Waals surface area (Å²) in [5.74, 6) is 0. The molecule has 0 bridgehead atoms. The van der Waals surface area contributed by atoms with Crippen LogP contribution in [0.4, 0.5) is 0 Å². The van der Waals surface area contributed by atoms with Gasteiger partial charge in [0, 0.05) is 25.6 Å². The standard InChI is InChI=1S/C11H20N2O2S/c1-7-10(16-9(3)13-7)6-12-8(2)11(14-4)15-5/h8,11-12H,6H2,1-5H3. The van der Waals surface area contributed by atoms with Gasteiger partial charge in [0.15, 0.2) is 6.29 Å². The Labute approximate surface area is 101 Å². The summed E-state index contributed by atoms with van der Waals surface area (Å²) in [6.45, 7) is 6.91. The van der Waals surface area contributed by atoms with Gasteiger partial charge in [-0.2, -0.15) is 0 Å². The summed E-state index contributed by atoms with van der Waals surface area (Å²) >= 11 is 1.73. The highest BCUT2D eigenvalue weighted by Gasteiger charge is 2.15. The van der Waals surface area contributed by atoms with Gasteiger partial charge in [-0.25, -0.2) is 4.98 Å². The highest BCUT2D eigenvalue weighted by molar-refractivity contribution is 7.11. The zero-order chi connectivity index (χ0) is 12.1. The Balaban J connectivity index is 2.48. The fraction of sp³-hybridized carbons (Fsp3) is 0.727. The summed E-state index contributed by atoms with van der Waals surface area (Å²) in [6, 6.07) is 0.150. The SMILES string of the molecule is COC(OC)C(C)NCc1sc(C)nc1C. The van der Waals surface area contributed by atoms with Crippen LogP contribution in [0.5, 0.6) is 0 Å². The molecular formula is C11H20N2O2S. The van der Waals surface area contributed by atoms with Crippen molar-refractivity contribution >= 4 is 11.3 Å². The Morgan fingerprint density at radius 2 is 1.94 bits per heavy atom. The van der Waals surface area contributed by atoms with Crippen molar-refractivity contribution in [3.63, 3.8) is 0 Å². The van der Waals surface area contributed by atoms with E-state index >= 15 is 0 Å². The lowest BCUT2D eigenvalue weighted by Gasteiger charge is -2.21. The minimum Gasteiger partial charge on any atom is -0.354 e. The van der Waals surface area contributed by atoms with Crippen LogP contribution < -0.4 is 5.32 Å². The predicted octanol–water partition coefficient (Wildman–Crippen LogP) is 1.86. The molecule has 0 fully saturated rings. The smallest absolute Gasteiger partial charge is 0.171 e. The third kappa shape index (κ3) is 3.52. The third-order valence-electron chi connectivity index (χ3n) is 2.46. The Morgan fingerprint density at radius 1 is 1.31 bits per heavy atom. The molecule has 0 amide bonds. The zero-order valence-electron chi connectivity index (χ0n) is 10.5. The summed E-state index contributed by atoms with van der Waals surface area (Å²) in [4.78, 5) is 5.66. The molecule has 16 heavy (non-hydrogen) atoms. The first-order chi connectivity index (χ1) is 7.58. The molecule has 0 radical (unpaired) electrons. The highest BCUT2D eigenvalue weighted by atomic mass is 32.1. The lowest BCUT2D eigenvalue weighted by atomic mass is 10.3. The zero-order valence-corrected chi connectivity index (χ0v) is 11.4. The number of nitrogens with zero attached hydrogens (tertiary/aromatic N) is 1. The van der Waals surface area contributed by atoms with Crippen LogP contribution in [0.15, 0.2) is 0 Å². The van der Waals surface area contributed by atoms with Crippen molar-refractivity contribution in [2.45, 2.75) is 39.6 Å². The maximum atomic E-state index is 5.19. The molecule has 1 heterocycles. The van der Waals surface area contributed by atoms with E-state index in [4.69, 9.17) is 9.47 Å². The van der Waals surface area contributed by atoms with E-state index in [1.807, 2.05) is 20.8 Å². The molecule has 1 aromatic heterocycles. The minimum atomic E-state index is -0.214. The highest BCUT2D eigenvalue weighted by Crippen LogP contribution is 2.17. The molecule has 0 saturated carbocycles. The second kappa shape index (κ2) is 6.30. The fourth-order valence-corrected chi connectivity index (χ4v) is 2.48. The lowest BCUT2D eigenvalue weighted by Crippen LogP contribution is -2.39. The van der Waals surface area contributed by atoms with E-state index in [1.165, 1.54) is 4.88 Å². The third-order valence-corrected chi connectivity index (χ3v) is 3.53. The van der Waals surface area contributed by atoms with Gasteiger partial charge >= 0.3 is 0 Å². The quantitative estimate of drug-likeness (QED) is 0.776. The van der Waals surface area contributed by atoms with Crippen molar-refractivity contribution in [3.8, 4) is 0 Å².